The zero-order valence-electron chi connectivity index (χ0n) is 22.9. The van der Waals surface area contributed by atoms with Crippen LogP contribution in [0.2, 0.25) is 0 Å². The predicted octanol–water partition coefficient (Wildman–Crippen LogP) is 8.29. The van der Waals surface area contributed by atoms with Crippen molar-refractivity contribution >= 4 is 64.4 Å². The SMILES string of the molecule is O=Cc1ccc(/C=C/c2ccc(/C=C/c3ccc(C=O)cc3)c(OCCCOC(=O)CCCC3CCSS3)c2)cc1. The third-order valence-corrected chi connectivity index (χ3v) is 9.56. The second-order valence-corrected chi connectivity index (χ2v) is 12.5. The molecule has 5 nitrogen and oxygen atoms in total. The molecule has 1 fully saturated rings. The van der Waals surface area contributed by atoms with E-state index in [1.165, 1.54) is 12.2 Å². The van der Waals surface area contributed by atoms with Gasteiger partial charge in [-0.2, -0.15) is 0 Å². The highest BCUT2D eigenvalue weighted by atomic mass is 33.1. The first-order chi connectivity index (χ1) is 20.1. The lowest BCUT2D eigenvalue weighted by Crippen LogP contribution is -2.10. The van der Waals surface area contributed by atoms with Crippen LogP contribution in [-0.2, 0) is 9.53 Å². The quantitative estimate of drug-likeness (QED) is 0.0583. The molecule has 0 radical (unpaired) electrons. The first-order valence-corrected chi connectivity index (χ1v) is 16.2. The van der Waals surface area contributed by atoms with Crippen molar-refractivity contribution in [2.75, 3.05) is 19.0 Å². The molecule has 0 N–H and O–H groups in total. The predicted molar refractivity (Wildman–Crippen MR) is 171 cm³/mol. The van der Waals surface area contributed by atoms with Gasteiger partial charge >= 0.3 is 5.97 Å². The van der Waals surface area contributed by atoms with Gasteiger partial charge in [0.2, 0.25) is 0 Å². The van der Waals surface area contributed by atoms with Crippen LogP contribution in [0.3, 0.4) is 0 Å². The normalized spacial score (nSPS) is 14.9. The van der Waals surface area contributed by atoms with Gasteiger partial charge in [-0.25, -0.2) is 0 Å². The maximum Gasteiger partial charge on any atom is 0.305 e. The molecular formula is C34H34O5S2. The molecule has 7 heteroatoms. The fourth-order valence-corrected chi connectivity index (χ4v) is 7.23. The maximum atomic E-state index is 12.1. The van der Waals surface area contributed by atoms with Crippen LogP contribution in [0.4, 0.5) is 0 Å². The largest absolute Gasteiger partial charge is 0.493 e. The summed E-state index contributed by atoms with van der Waals surface area (Å²) in [6.07, 6.45) is 13.9. The molecule has 1 aliphatic rings. The Bertz CT molecular complexity index is 1340. The molecule has 0 aromatic heterocycles. The molecule has 1 aliphatic heterocycles. The van der Waals surface area contributed by atoms with Gasteiger partial charge in [0, 0.05) is 40.5 Å². The summed E-state index contributed by atoms with van der Waals surface area (Å²) in [7, 11) is 3.86. The van der Waals surface area contributed by atoms with E-state index in [0.29, 0.717) is 42.4 Å². The molecule has 4 rings (SSSR count). The van der Waals surface area contributed by atoms with Gasteiger partial charge < -0.3 is 9.47 Å². The van der Waals surface area contributed by atoms with Crippen LogP contribution < -0.4 is 4.74 Å². The highest BCUT2D eigenvalue weighted by Crippen LogP contribution is 2.39. The van der Waals surface area contributed by atoms with E-state index >= 15 is 0 Å². The molecule has 0 spiro atoms. The summed E-state index contributed by atoms with van der Waals surface area (Å²) in [5.74, 6) is 1.79. The minimum absolute atomic E-state index is 0.141. The number of esters is 1. The highest BCUT2D eigenvalue weighted by Gasteiger charge is 2.16. The van der Waals surface area contributed by atoms with Gasteiger partial charge in [0.05, 0.1) is 13.2 Å². The van der Waals surface area contributed by atoms with Crippen molar-refractivity contribution in [3.8, 4) is 5.75 Å². The molecule has 0 saturated carbocycles. The monoisotopic (exact) mass is 586 g/mol. The van der Waals surface area contributed by atoms with E-state index in [-0.39, 0.29) is 5.97 Å². The molecule has 212 valence electrons. The van der Waals surface area contributed by atoms with Crippen molar-refractivity contribution in [3.05, 3.63) is 100 Å². The van der Waals surface area contributed by atoms with Crippen molar-refractivity contribution in [2.24, 2.45) is 0 Å². The third kappa shape index (κ3) is 10.4. The first kappa shape index (κ1) is 30.4. The Labute approximate surface area is 249 Å². The van der Waals surface area contributed by atoms with Crippen LogP contribution in [-0.4, -0.2) is 42.8 Å². The summed E-state index contributed by atoms with van der Waals surface area (Å²) in [4.78, 5) is 34.0. The van der Waals surface area contributed by atoms with Gasteiger partial charge in [0.15, 0.2) is 0 Å². The van der Waals surface area contributed by atoms with Crippen LogP contribution in [0.15, 0.2) is 66.7 Å². The zero-order valence-corrected chi connectivity index (χ0v) is 24.5. The Morgan fingerprint density at radius 1 is 0.756 bits per heavy atom. The fraction of sp³-hybridized carbons (Fsp3) is 0.265. The molecule has 3 aromatic rings. The molecule has 1 saturated heterocycles. The Kier molecular flexibility index (Phi) is 12.3. The number of hydrogen-bond donors (Lipinski definition) is 0. The molecule has 1 unspecified atom stereocenters. The lowest BCUT2D eigenvalue weighted by Gasteiger charge is -2.11. The Hall–Kier alpha value is -3.55. The summed E-state index contributed by atoms with van der Waals surface area (Å²) in [6.45, 7) is 0.746. The summed E-state index contributed by atoms with van der Waals surface area (Å²) in [5.41, 5.74) is 5.12. The number of ether oxygens (including phenoxy) is 2. The number of benzene rings is 3. The zero-order chi connectivity index (χ0) is 28.7. The molecular weight excluding hydrogens is 553 g/mol. The second kappa shape index (κ2) is 16.7. The Morgan fingerprint density at radius 2 is 1.37 bits per heavy atom. The fourth-order valence-electron chi connectivity index (χ4n) is 4.20. The molecule has 0 aliphatic carbocycles. The van der Waals surface area contributed by atoms with Gasteiger partial charge in [-0.05, 0) is 42.0 Å². The Balaban J connectivity index is 1.34. The van der Waals surface area contributed by atoms with Crippen molar-refractivity contribution in [3.63, 3.8) is 0 Å². The molecule has 1 atom stereocenters. The van der Waals surface area contributed by atoms with Gasteiger partial charge in [-0.3, -0.25) is 14.4 Å². The van der Waals surface area contributed by atoms with E-state index in [2.05, 4.69) is 0 Å². The number of aldehydes is 2. The van der Waals surface area contributed by atoms with E-state index in [4.69, 9.17) is 9.47 Å². The minimum Gasteiger partial charge on any atom is -0.493 e. The van der Waals surface area contributed by atoms with E-state index < -0.39 is 0 Å². The van der Waals surface area contributed by atoms with E-state index in [1.54, 1.807) is 24.3 Å². The molecule has 3 aromatic carbocycles. The summed E-state index contributed by atoms with van der Waals surface area (Å²) >= 11 is 0. The number of carbonyl (C=O) groups excluding carboxylic acids is 3. The highest BCUT2D eigenvalue weighted by molar-refractivity contribution is 8.77. The number of rotatable bonds is 15. The van der Waals surface area contributed by atoms with Gasteiger partial charge in [0.25, 0.3) is 0 Å². The van der Waals surface area contributed by atoms with Crippen LogP contribution in [0.1, 0.15) is 75.1 Å². The smallest absolute Gasteiger partial charge is 0.305 e. The number of carbonyl (C=O) groups is 3. The summed E-state index contributed by atoms with van der Waals surface area (Å²) < 4.78 is 11.6. The van der Waals surface area contributed by atoms with Crippen LogP contribution >= 0.6 is 21.6 Å². The lowest BCUT2D eigenvalue weighted by molar-refractivity contribution is -0.144. The minimum atomic E-state index is -0.141. The lowest BCUT2D eigenvalue weighted by atomic mass is 10.1. The molecule has 41 heavy (non-hydrogen) atoms. The van der Waals surface area contributed by atoms with Crippen molar-refractivity contribution in [1.29, 1.82) is 0 Å². The van der Waals surface area contributed by atoms with Crippen molar-refractivity contribution in [1.82, 2.24) is 0 Å². The van der Waals surface area contributed by atoms with Crippen LogP contribution in [0.5, 0.6) is 5.75 Å². The summed E-state index contributed by atoms with van der Waals surface area (Å²) in [6, 6.07) is 20.7. The summed E-state index contributed by atoms with van der Waals surface area (Å²) in [5, 5.41) is 0.675. The van der Waals surface area contributed by atoms with E-state index in [9.17, 15) is 14.4 Å². The average molecular weight is 587 g/mol. The van der Waals surface area contributed by atoms with Crippen molar-refractivity contribution in [2.45, 2.75) is 37.4 Å². The van der Waals surface area contributed by atoms with Crippen molar-refractivity contribution < 1.29 is 23.9 Å². The van der Waals surface area contributed by atoms with Crippen LogP contribution in [0.25, 0.3) is 24.3 Å². The van der Waals surface area contributed by atoms with Crippen LogP contribution in [0, 0.1) is 0 Å². The topological polar surface area (TPSA) is 69.7 Å². The maximum absolute atomic E-state index is 12.1. The van der Waals surface area contributed by atoms with Gasteiger partial charge in [-0.1, -0.05) is 107 Å². The molecule has 1 heterocycles. The van der Waals surface area contributed by atoms with Gasteiger partial charge in [0.1, 0.15) is 18.3 Å². The second-order valence-electron chi connectivity index (χ2n) is 9.68. The molecule has 0 amide bonds. The Morgan fingerprint density at radius 3 is 2.00 bits per heavy atom. The first-order valence-electron chi connectivity index (χ1n) is 13.8. The van der Waals surface area contributed by atoms with E-state index in [1.807, 2.05) is 88.4 Å². The third-order valence-electron chi connectivity index (χ3n) is 6.55. The average Bonchev–Trinajstić information content (AvgIpc) is 3.53. The molecule has 0 bridgehead atoms. The standard InChI is InChI=1S/C34H34O5S2/c35-24-29-11-6-26(7-12-29)5-10-28-16-18-31(17-15-27-8-13-30(25-36)14-9-27)33(23-28)38-20-2-21-39-34(37)4-1-3-32-19-22-40-41-32/h5-18,23-25,32H,1-4,19-22H2/b10-5+,17-15+. The van der Waals surface area contributed by atoms with E-state index in [0.717, 1.165) is 53.4 Å². The van der Waals surface area contributed by atoms with Gasteiger partial charge in [-0.15, -0.1) is 0 Å². The number of hydrogen-bond acceptors (Lipinski definition) is 7.